The summed E-state index contributed by atoms with van der Waals surface area (Å²) in [6.07, 6.45) is 0.724. The van der Waals surface area contributed by atoms with Gasteiger partial charge in [0.15, 0.2) is 12.0 Å². The molecule has 0 N–H and O–H groups in total. The van der Waals surface area contributed by atoms with Crippen LogP contribution in [0.25, 0.3) is 11.3 Å². The molecule has 0 fully saturated rings. The van der Waals surface area contributed by atoms with E-state index in [0.717, 1.165) is 17.5 Å². The van der Waals surface area contributed by atoms with E-state index in [9.17, 15) is 4.79 Å². The van der Waals surface area contributed by atoms with Crippen LogP contribution in [0.15, 0.2) is 24.3 Å². The molecule has 2 aromatic rings. The van der Waals surface area contributed by atoms with Crippen molar-refractivity contribution in [2.24, 2.45) is 7.05 Å². The van der Waals surface area contributed by atoms with Gasteiger partial charge in [-0.05, 0) is 6.92 Å². The topological polar surface area (TPSA) is 47.8 Å². The molecule has 0 aliphatic rings. The van der Waals surface area contributed by atoms with Gasteiger partial charge in [-0.2, -0.15) is 0 Å². The van der Waals surface area contributed by atoms with Crippen LogP contribution in [0.3, 0.4) is 0 Å². The van der Waals surface area contributed by atoms with Gasteiger partial charge in [0.2, 0.25) is 0 Å². The maximum atomic E-state index is 10.8. The molecule has 1 heterocycles. The van der Waals surface area contributed by atoms with E-state index in [1.807, 2.05) is 31.2 Å². The van der Waals surface area contributed by atoms with Crippen molar-refractivity contribution in [3.63, 3.8) is 0 Å². The first-order valence-electron chi connectivity index (χ1n) is 4.64. The molecule has 4 heteroatoms. The smallest absolute Gasteiger partial charge is 0.172 e. The number of nitrogens with zero attached hydrogens (tertiary/aromatic N) is 3. The van der Waals surface area contributed by atoms with Crippen molar-refractivity contribution < 1.29 is 4.79 Å². The fourth-order valence-electron chi connectivity index (χ4n) is 1.50. The minimum absolute atomic E-state index is 0.376. The van der Waals surface area contributed by atoms with Crippen LogP contribution in [0.1, 0.15) is 16.1 Å². The van der Waals surface area contributed by atoms with Gasteiger partial charge in [-0.25, -0.2) is 4.68 Å². The van der Waals surface area contributed by atoms with Crippen LogP contribution >= 0.6 is 0 Å². The minimum atomic E-state index is 0.376. The summed E-state index contributed by atoms with van der Waals surface area (Å²) < 4.78 is 1.61. The minimum Gasteiger partial charge on any atom is -0.296 e. The summed E-state index contributed by atoms with van der Waals surface area (Å²) in [6, 6.07) is 7.91. The van der Waals surface area contributed by atoms with E-state index in [2.05, 4.69) is 10.3 Å². The molecular formula is C11H11N3O. The standard InChI is InChI=1S/C11H11N3O/c1-8-3-5-9(6-4-8)11-10(7-15)12-13-14(11)2/h3-7H,1-2H3. The lowest BCUT2D eigenvalue weighted by molar-refractivity contribution is 0.111. The third-order valence-corrected chi connectivity index (χ3v) is 2.29. The second kappa shape index (κ2) is 3.65. The van der Waals surface area contributed by atoms with Crippen LogP contribution < -0.4 is 0 Å². The monoisotopic (exact) mass is 201 g/mol. The van der Waals surface area contributed by atoms with Crippen LogP contribution in [0.5, 0.6) is 0 Å². The Morgan fingerprint density at radius 3 is 2.53 bits per heavy atom. The second-order valence-electron chi connectivity index (χ2n) is 3.43. The molecule has 1 aromatic heterocycles. The number of carbonyl (C=O) groups is 1. The van der Waals surface area contributed by atoms with Gasteiger partial charge in [-0.1, -0.05) is 35.0 Å². The van der Waals surface area contributed by atoms with E-state index in [1.165, 1.54) is 5.56 Å². The Hall–Kier alpha value is -1.97. The predicted molar refractivity (Wildman–Crippen MR) is 56.6 cm³/mol. The number of aryl methyl sites for hydroxylation is 2. The zero-order valence-electron chi connectivity index (χ0n) is 8.64. The van der Waals surface area contributed by atoms with Crippen molar-refractivity contribution in [3.8, 4) is 11.3 Å². The fourth-order valence-corrected chi connectivity index (χ4v) is 1.50. The average molecular weight is 201 g/mol. The summed E-state index contributed by atoms with van der Waals surface area (Å²) in [5, 5.41) is 7.60. The highest BCUT2D eigenvalue weighted by Gasteiger charge is 2.11. The van der Waals surface area contributed by atoms with Crippen molar-refractivity contribution in [1.82, 2.24) is 15.0 Å². The number of hydrogen-bond acceptors (Lipinski definition) is 3. The molecule has 2 rings (SSSR count). The largest absolute Gasteiger partial charge is 0.296 e. The normalized spacial score (nSPS) is 10.3. The van der Waals surface area contributed by atoms with Crippen molar-refractivity contribution in [1.29, 1.82) is 0 Å². The van der Waals surface area contributed by atoms with Gasteiger partial charge in [0.1, 0.15) is 0 Å². The lowest BCUT2D eigenvalue weighted by atomic mass is 10.1. The van der Waals surface area contributed by atoms with E-state index in [1.54, 1.807) is 11.7 Å². The maximum Gasteiger partial charge on any atom is 0.172 e. The van der Waals surface area contributed by atoms with Crippen LogP contribution in [0.4, 0.5) is 0 Å². The van der Waals surface area contributed by atoms with Crippen molar-refractivity contribution >= 4 is 6.29 Å². The predicted octanol–water partition coefficient (Wildman–Crippen LogP) is 1.60. The second-order valence-corrected chi connectivity index (χ2v) is 3.43. The molecular weight excluding hydrogens is 190 g/mol. The summed E-state index contributed by atoms with van der Waals surface area (Å²) in [6.45, 7) is 2.02. The third kappa shape index (κ3) is 1.66. The number of hydrogen-bond donors (Lipinski definition) is 0. The molecule has 0 saturated carbocycles. The Kier molecular flexibility index (Phi) is 2.33. The van der Waals surface area contributed by atoms with Gasteiger partial charge >= 0.3 is 0 Å². The van der Waals surface area contributed by atoms with Gasteiger partial charge in [-0.3, -0.25) is 4.79 Å². The summed E-state index contributed by atoms with van der Waals surface area (Å²) >= 11 is 0. The SMILES string of the molecule is Cc1ccc(-c2c(C=O)nnn2C)cc1. The molecule has 0 aliphatic heterocycles. The lowest BCUT2D eigenvalue weighted by Gasteiger charge is -2.01. The van der Waals surface area contributed by atoms with Crippen molar-refractivity contribution in [3.05, 3.63) is 35.5 Å². The van der Waals surface area contributed by atoms with Crippen LogP contribution in [-0.4, -0.2) is 21.3 Å². The first-order chi connectivity index (χ1) is 7.22. The summed E-state index contributed by atoms with van der Waals surface area (Å²) in [5.74, 6) is 0. The number of aromatic nitrogens is 3. The summed E-state index contributed by atoms with van der Waals surface area (Å²) in [4.78, 5) is 10.8. The molecule has 0 atom stereocenters. The molecule has 0 radical (unpaired) electrons. The fraction of sp³-hybridized carbons (Fsp3) is 0.182. The molecule has 0 spiro atoms. The van der Waals surface area contributed by atoms with E-state index in [-0.39, 0.29) is 0 Å². The van der Waals surface area contributed by atoms with Gasteiger partial charge in [-0.15, -0.1) is 5.10 Å². The van der Waals surface area contributed by atoms with Crippen LogP contribution in [0, 0.1) is 6.92 Å². The zero-order valence-corrected chi connectivity index (χ0v) is 8.64. The Morgan fingerprint density at radius 1 is 1.27 bits per heavy atom. The number of benzene rings is 1. The molecule has 0 bridgehead atoms. The summed E-state index contributed by atoms with van der Waals surface area (Å²) in [5.41, 5.74) is 3.27. The molecule has 15 heavy (non-hydrogen) atoms. The van der Waals surface area contributed by atoms with Gasteiger partial charge in [0.05, 0.1) is 5.69 Å². The molecule has 0 aliphatic carbocycles. The summed E-state index contributed by atoms with van der Waals surface area (Å²) in [7, 11) is 1.77. The van der Waals surface area contributed by atoms with E-state index in [4.69, 9.17) is 0 Å². The lowest BCUT2D eigenvalue weighted by Crippen LogP contribution is -1.95. The zero-order chi connectivity index (χ0) is 10.8. The number of rotatable bonds is 2. The Morgan fingerprint density at radius 2 is 1.93 bits per heavy atom. The highest BCUT2D eigenvalue weighted by atomic mass is 16.1. The average Bonchev–Trinajstić information content (AvgIpc) is 2.61. The number of carbonyl (C=O) groups excluding carboxylic acids is 1. The number of aldehydes is 1. The van der Waals surface area contributed by atoms with E-state index in [0.29, 0.717) is 5.69 Å². The van der Waals surface area contributed by atoms with E-state index >= 15 is 0 Å². The first-order valence-corrected chi connectivity index (χ1v) is 4.64. The molecule has 0 saturated heterocycles. The third-order valence-electron chi connectivity index (χ3n) is 2.29. The molecule has 76 valence electrons. The van der Waals surface area contributed by atoms with E-state index < -0.39 is 0 Å². The molecule has 1 aromatic carbocycles. The van der Waals surface area contributed by atoms with Crippen molar-refractivity contribution in [2.75, 3.05) is 0 Å². The van der Waals surface area contributed by atoms with Gasteiger partial charge in [0, 0.05) is 12.6 Å². The first kappa shape index (κ1) is 9.58. The Balaban J connectivity index is 2.57. The highest BCUT2D eigenvalue weighted by Crippen LogP contribution is 2.20. The van der Waals surface area contributed by atoms with Crippen molar-refractivity contribution in [2.45, 2.75) is 6.92 Å². The highest BCUT2D eigenvalue weighted by molar-refractivity contribution is 5.83. The quantitative estimate of drug-likeness (QED) is 0.693. The maximum absolute atomic E-state index is 10.8. The van der Waals surface area contributed by atoms with Gasteiger partial charge in [0.25, 0.3) is 0 Å². The van der Waals surface area contributed by atoms with Crippen LogP contribution in [0.2, 0.25) is 0 Å². The molecule has 4 nitrogen and oxygen atoms in total. The molecule has 0 unspecified atom stereocenters. The molecule has 0 amide bonds. The Labute approximate surface area is 87.5 Å². The van der Waals surface area contributed by atoms with Gasteiger partial charge < -0.3 is 0 Å². The Bertz CT molecular complexity index is 485. The van der Waals surface area contributed by atoms with Crippen LogP contribution in [-0.2, 0) is 7.05 Å².